The molecule has 1 aromatic heterocycles. The van der Waals surface area contributed by atoms with Crippen molar-refractivity contribution < 1.29 is 4.74 Å². The van der Waals surface area contributed by atoms with E-state index >= 15 is 0 Å². The van der Waals surface area contributed by atoms with E-state index in [1.54, 1.807) is 5.56 Å². The predicted molar refractivity (Wildman–Crippen MR) is 92.5 cm³/mol. The molecule has 5 rings (SSSR count). The zero-order valence-electron chi connectivity index (χ0n) is 14.3. The van der Waals surface area contributed by atoms with Crippen molar-refractivity contribution in [1.82, 2.24) is 9.47 Å². The van der Waals surface area contributed by atoms with Gasteiger partial charge >= 0.3 is 0 Å². The van der Waals surface area contributed by atoms with E-state index in [9.17, 15) is 0 Å². The van der Waals surface area contributed by atoms with Crippen LogP contribution in [0.15, 0.2) is 24.3 Å². The molecule has 23 heavy (non-hydrogen) atoms. The summed E-state index contributed by atoms with van der Waals surface area (Å²) in [6.07, 6.45) is 6.22. The van der Waals surface area contributed by atoms with Gasteiger partial charge < -0.3 is 9.30 Å². The van der Waals surface area contributed by atoms with Gasteiger partial charge in [0.05, 0.1) is 5.69 Å². The second-order valence-corrected chi connectivity index (χ2v) is 7.57. The molecule has 0 radical (unpaired) electrons. The summed E-state index contributed by atoms with van der Waals surface area (Å²) < 4.78 is 9.07. The van der Waals surface area contributed by atoms with Crippen molar-refractivity contribution in [2.45, 2.75) is 51.3 Å². The molecule has 0 bridgehead atoms. The fourth-order valence-electron chi connectivity index (χ4n) is 6.09. The first-order valence-electron chi connectivity index (χ1n) is 9.18. The van der Waals surface area contributed by atoms with Crippen LogP contribution in [0.25, 0.3) is 10.9 Å². The topological polar surface area (TPSA) is 17.4 Å². The molecule has 0 spiro atoms. The lowest BCUT2D eigenvalue weighted by Gasteiger charge is -2.62. The van der Waals surface area contributed by atoms with Crippen LogP contribution >= 0.6 is 0 Å². The fraction of sp³-hybridized carbons (Fsp3) is 0.600. The molecule has 2 atom stereocenters. The Hall–Kier alpha value is -1.32. The molecule has 122 valence electrons. The highest BCUT2D eigenvalue weighted by Crippen LogP contribution is 2.61. The highest BCUT2D eigenvalue weighted by Gasteiger charge is 2.62. The number of benzene rings is 1. The van der Waals surface area contributed by atoms with Crippen LogP contribution < -0.4 is 0 Å². The molecule has 0 N–H and O–H groups in total. The van der Waals surface area contributed by atoms with Crippen molar-refractivity contribution >= 4 is 10.9 Å². The second kappa shape index (κ2) is 4.61. The molecule has 3 aliphatic heterocycles. The Morgan fingerprint density at radius 3 is 2.83 bits per heavy atom. The molecular weight excluding hydrogens is 284 g/mol. The maximum atomic E-state index is 6.48. The van der Waals surface area contributed by atoms with E-state index < -0.39 is 0 Å². The highest BCUT2D eigenvalue weighted by molar-refractivity contribution is 5.86. The van der Waals surface area contributed by atoms with E-state index in [4.69, 9.17) is 4.74 Å². The molecule has 0 amide bonds. The zero-order chi connectivity index (χ0) is 15.7. The Morgan fingerprint density at radius 2 is 2.00 bits per heavy atom. The van der Waals surface area contributed by atoms with Crippen molar-refractivity contribution in [3.8, 4) is 0 Å². The van der Waals surface area contributed by atoms with E-state index in [0.717, 1.165) is 19.5 Å². The number of fused-ring (bicyclic) bond motifs is 3. The number of para-hydroxylation sites is 1. The van der Waals surface area contributed by atoms with Crippen molar-refractivity contribution in [2.24, 2.45) is 5.41 Å². The van der Waals surface area contributed by atoms with Crippen LogP contribution in [0.2, 0.25) is 0 Å². The van der Waals surface area contributed by atoms with Gasteiger partial charge in [-0.1, -0.05) is 25.1 Å². The third kappa shape index (κ3) is 1.44. The number of rotatable bonds is 2. The Bertz CT molecular complexity index is 746. The monoisotopic (exact) mass is 310 g/mol. The van der Waals surface area contributed by atoms with Gasteiger partial charge in [-0.3, -0.25) is 4.90 Å². The number of ether oxygens (including phenoxy) is 1. The van der Waals surface area contributed by atoms with Gasteiger partial charge in [-0.05, 0) is 43.7 Å². The zero-order valence-corrected chi connectivity index (χ0v) is 14.3. The number of aromatic nitrogens is 1. The maximum absolute atomic E-state index is 6.48. The summed E-state index contributed by atoms with van der Waals surface area (Å²) in [7, 11) is 1.95. The lowest BCUT2D eigenvalue weighted by atomic mass is 9.62. The van der Waals surface area contributed by atoms with Crippen LogP contribution in [0.5, 0.6) is 0 Å². The van der Waals surface area contributed by atoms with Crippen LogP contribution in [-0.4, -0.2) is 29.7 Å². The van der Waals surface area contributed by atoms with Gasteiger partial charge in [0.25, 0.3) is 0 Å². The Balaban J connectivity index is 1.90. The summed E-state index contributed by atoms with van der Waals surface area (Å²) in [6, 6.07) is 8.97. The summed E-state index contributed by atoms with van der Waals surface area (Å²) in [5, 5.41) is 1.45. The third-order valence-electron chi connectivity index (χ3n) is 7.06. The number of hydrogen-bond acceptors (Lipinski definition) is 2. The molecule has 3 aliphatic rings. The molecule has 4 heterocycles. The molecule has 3 nitrogen and oxygen atoms in total. The van der Waals surface area contributed by atoms with E-state index in [1.807, 2.05) is 7.11 Å². The van der Waals surface area contributed by atoms with E-state index in [2.05, 4.69) is 40.7 Å². The molecule has 1 aromatic carbocycles. The highest BCUT2D eigenvalue weighted by atomic mass is 16.5. The van der Waals surface area contributed by atoms with Crippen LogP contribution in [0, 0.1) is 5.41 Å². The van der Waals surface area contributed by atoms with E-state index in [1.165, 1.54) is 48.8 Å². The third-order valence-corrected chi connectivity index (χ3v) is 7.06. The molecule has 1 fully saturated rings. The minimum absolute atomic E-state index is 0.204. The minimum Gasteiger partial charge on any atom is -0.357 e. The summed E-state index contributed by atoms with van der Waals surface area (Å²) in [6.45, 7) is 5.83. The molecule has 0 unspecified atom stereocenters. The molecule has 0 aliphatic carbocycles. The molecule has 1 saturated heterocycles. The Labute approximate surface area is 138 Å². The van der Waals surface area contributed by atoms with Gasteiger partial charge in [0.2, 0.25) is 0 Å². The van der Waals surface area contributed by atoms with Crippen LogP contribution in [0.4, 0.5) is 0 Å². The van der Waals surface area contributed by atoms with Gasteiger partial charge in [-0.25, -0.2) is 0 Å². The van der Waals surface area contributed by atoms with Crippen molar-refractivity contribution in [2.75, 3.05) is 20.2 Å². The number of methoxy groups -OCH3 is 1. The van der Waals surface area contributed by atoms with Gasteiger partial charge in [0.15, 0.2) is 5.72 Å². The van der Waals surface area contributed by atoms with E-state index in [-0.39, 0.29) is 11.1 Å². The number of nitrogens with zero attached hydrogens (tertiary/aromatic N) is 2. The lowest BCUT2D eigenvalue weighted by molar-refractivity contribution is -0.266. The lowest BCUT2D eigenvalue weighted by Crippen LogP contribution is -2.66. The second-order valence-electron chi connectivity index (χ2n) is 7.57. The summed E-state index contributed by atoms with van der Waals surface area (Å²) >= 11 is 0. The van der Waals surface area contributed by atoms with Crippen molar-refractivity contribution in [1.29, 1.82) is 0 Å². The SMILES string of the molecule is CC[C@]12CCCN3CCc4c(n(c5ccccc45)CC1)[C@@]32OC. The number of hydrogen-bond donors (Lipinski definition) is 0. The largest absolute Gasteiger partial charge is 0.357 e. The molecule has 0 saturated carbocycles. The number of piperidine rings is 1. The Morgan fingerprint density at radius 1 is 1.13 bits per heavy atom. The van der Waals surface area contributed by atoms with E-state index in [0.29, 0.717) is 0 Å². The predicted octanol–water partition coefficient (Wildman–Crippen LogP) is 3.89. The molecular formula is C20H26N2O. The first kappa shape index (κ1) is 14.1. The smallest absolute Gasteiger partial charge is 0.168 e. The first-order valence-corrected chi connectivity index (χ1v) is 9.18. The minimum atomic E-state index is -0.204. The van der Waals surface area contributed by atoms with Crippen LogP contribution in [-0.2, 0) is 23.4 Å². The fourth-order valence-corrected chi connectivity index (χ4v) is 6.09. The van der Waals surface area contributed by atoms with Crippen LogP contribution in [0.3, 0.4) is 0 Å². The van der Waals surface area contributed by atoms with Crippen LogP contribution in [0.1, 0.15) is 43.9 Å². The van der Waals surface area contributed by atoms with Crippen molar-refractivity contribution in [3.05, 3.63) is 35.5 Å². The van der Waals surface area contributed by atoms with Gasteiger partial charge in [-0.15, -0.1) is 0 Å². The molecule has 2 aromatic rings. The average molecular weight is 310 g/mol. The van der Waals surface area contributed by atoms with Gasteiger partial charge in [-0.2, -0.15) is 0 Å². The normalized spacial score (nSPS) is 33.0. The summed E-state index contributed by atoms with van der Waals surface area (Å²) in [5.41, 5.74) is 4.52. The standard InChI is InChI=1S/C20H26N2O/c1-3-19-10-6-12-21-13-9-16-15-7-4-5-8-17(15)22(14-11-19)18(16)20(19,21)23-2/h4-5,7-8H,3,6,9-14H2,1-2H3/t19-,20-/m0/s1. The number of aryl methyl sites for hydroxylation is 1. The summed E-state index contributed by atoms with van der Waals surface area (Å²) in [5.74, 6) is 0. The quantitative estimate of drug-likeness (QED) is 0.837. The van der Waals surface area contributed by atoms with Crippen molar-refractivity contribution in [3.63, 3.8) is 0 Å². The molecule has 3 heteroatoms. The maximum Gasteiger partial charge on any atom is 0.168 e. The van der Waals surface area contributed by atoms with Gasteiger partial charge in [0.1, 0.15) is 0 Å². The average Bonchev–Trinajstić information content (AvgIpc) is 2.95. The summed E-state index contributed by atoms with van der Waals surface area (Å²) in [4.78, 5) is 2.66. The first-order chi connectivity index (χ1) is 11.3. The van der Waals surface area contributed by atoms with Gasteiger partial charge in [0, 0.05) is 43.1 Å². The Kier molecular flexibility index (Phi) is 2.82.